The molecule has 2 aliphatic heterocycles. The van der Waals surface area contributed by atoms with E-state index in [0.717, 1.165) is 4.68 Å². The summed E-state index contributed by atoms with van der Waals surface area (Å²) in [5.41, 5.74) is 2.81. The summed E-state index contributed by atoms with van der Waals surface area (Å²) in [5, 5.41) is 15.0. The summed E-state index contributed by atoms with van der Waals surface area (Å²) in [6.07, 6.45) is -0.684. The highest BCUT2D eigenvalue weighted by Crippen LogP contribution is 2.35. The lowest BCUT2D eigenvalue weighted by molar-refractivity contribution is -0.131. The van der Waals surface area contributed by atoms with Crippen LogP contribution >= 0.6 is 0 Å². The molecule has 1 aromatic carbocycles. The van der Waals surface area contributed by atoms with E-state index in [2.05, 4.69) is 25.7 Å². The second-order valence-corrected chi connectivity index (χ2v) is 9.24. The minimum absolute atomic E-state index is 0.0197. The molecule has 1 atom stereocenters. The number of piperidine rings is 1. The minimum atomic E-state index is -2.98. The molecule has 14 heteroatoms. The van der Waals surface area contributed by atoms with Crippen LogP contribution in [0.2, 0.25) is 0 Å². The van der Waals surface area contributed by atoms with Gasteiger partial charge in [0.1, 0.15) is 17.6 Å². The maximum absolute atomic E-state index is 15.0. The number of rotatable bonds is 7. The third-order valence-electron chi connectivity index (χ3n) is 6.88. The van der Waals surface area contributed by atoms with Gasteiger partial charge in [-0.25, -0.2) is 26.8 Å². The quantitative estimate of drug-likeness (QED) is 0.372. The van der Waals surface area contributed by atoms with E-state index in [1.807, 2.05) is 0 Å². The van der Waals surface area contributed by atoms with Crippen LogP contribution in [0, 0.1) is 0 Å². The molecular weight excluding hydrogens is 496 g/mol. The van der Waals surface area contributed by atoms with Crippen LogP contribution in [-0.2, 0) is 11.3 Å². The number of likely N-dealkylation sites (tertiary alicyclic amines) is 1. The number of nitrogens with zero attached hydrogens (tertiary/aromatic N) is 7. The number of halogens is 4. The second kappa shape index (κ2) is 9.10. The van der Waals surface area contributed by atoms with Crippen molar-refractivity contribution in [1.82, 2.24) is 34.5 Å². The van der Waals surface area contributed by atoms with E-state index in [1.165, 1.54) is 11.6 Å². The van der Waals surface area contributed by atoms with E-state index in [1.54, 1.807) is 35.4 Å². The lowest BCUT2D eigenvalue weighted by atomic mass is 9.98. The molecule has 0 amide bonds. The third-order valence-corrected chi connectivity index (χ3v) is 6.88. The van der Waals surface area contributed by atoms with Crippen LogP contribution in [0.1, 0.15) is 6.42 Å². The summed E-state index contributed by atoms with van der Waals surface area (Å²) in [6, 6.07) is 5.86. The fourth-order valence-electron chi connectivity index (χ4n) is 4.87. The predicted molar refractivity (Wildman–Crippen MR) is 125 cm³/mol. The van der Waals surface area contributed by atoms with Crippen molar-refractivity contribution < 1.29 is 27.0 Å². The SMILES string of the molecule is COc1nc(N[C@@H]2CCN(C3COC3)CC2(F)F)nn2ccc(-c3ccc4nnn(CC(F)F)c4c3)c12. The molecule has 3 aromatic heterocycles. The fraction of sp³-hybridized carbons (Fsp3) is 0.478. The molecule has 0 unspecified atom stereocenters. The Bertz CT molecular complexity index is 1440. The molecule has 2 fully saturated rings. The van der Waals surface area contributed by atoms with Crippen LogP contribution in [0.3, 0.4) is 0 Å². The van der Waals surface area contributed by atoms with E-state index >= 15 is 0 Å². The summed E-state index contributed by atoms with van der Waals surface area (Å²) in [5.74, 6) is -2.78. The van der Waals surface area contributed by atoms with Crippen molar-refractivity contribution in [3.63, 3.8) is 0 Å². The zero-order valence-corrected chi connectivity index (χ0v) is 19.8. The van der Waals surface area contributed by atoms with Gasteiger partial charge in [0.2, 0.25) is 11.8 Å². The number of benzene rings is 1. The number of hydrogen-bond donors (Lipinski definition) is 1. The molecular formula is C23H24F4N8O2. The van der Waals surface area contributed by atoms with Gasteiger partial charge in [0.15, 0.2) is 0 Å². The van der Waals surface area contributed by atoms with Gasteiger partial charge >= 0.3 is 0 Å². The number of methoxy groups -OCH3 is 1. The van der Waals surface area contributed by atoms with Gasteiger partial charge in [-0.15, -0.1) is 10.2 Å². The average molecular weight is 520 g/mol. The van der Waals surface area contributed by atoms with Crippen molar-refractivity contribution in [3.8, 4) is 17.0 Å². The third kappa shape index (κ3) is 4.33. The van der Waals surface area contributed by atoms with E-state index in [-0.39, 0.29) is 30.8 Å². The Labute approximate surface area is 208 Å². The summed E-state index contributed by atoms with van der Waals surface area (Å²) in [7, 11) is 1.43. The highest BCUT2D eigenvalue weighted by molar-refractivity contribution is 5.89. The molecule has 0 radical (unpaired) electrons. The zero-order chi connectivity index (χ0) is 25.7. The number of nitrogens with one attached hydrogen (secondary N) is 1. The molecule has 37 heavy (non-hydrogen) atoms. The Morgan fingerprint density at radius 3 is 2.78 bits per heavy atom. The predicted octanol–water partition coefficient (Wildman–Crippen LogP) is 2.94. The first kappa shape index (κ1) is 23.9. The molecule has 1 N–H and O–H groups in total. The lowest BCUT2D eigenvalue weighted by Crippen LogP contribution is -2.61. The molecule has 0 spiro atoms. The van der Waals surface area contributed by atoms with Gasteiger partial charge < -0.3 is 14.8 Å². The lowest BCUT2D eigenvalue weighted by Gasteiger charge is -2.44. The standard InChI is InChI=1S/C23H24F4N8O2/c1-36-21-20-15(13-2-3-16-17(8-13)35(32-30-16)9-19(24)25)4-7-34(20)31-22(29-21)28-18-5-6-33(12-23(18,26)27)14-10-37-11-14/h2-4,7-8,14,18-19H,5-6,9-12H2,1H3,(H,28,31)/t18-/m1/s1. The smallest absolute Gasteiger partial charge is 0.280 e. The van der Waals surface area contributed by atoms with E-state index < -0.39 is 24.9 Å². The van der Waals surface area contributed by atoms with Crippen molar-refractivity contribution in [2.45, 2.75) is 37.4 Å². The topological polar surface area (TPSA) is 94.6 Å². The van der Waals surface area contributed by atoms with Gasteiger partial charge in [-0.1, -0.05) is 11.3 Å². The van der Waals surface area contributed by atoms with Crippen LogP contribution in [-0.4, -0.2) is 92.3 Å². The molecule has 5 heterocycles. The molecule has 2 saturated heterocycles. The Hall–Kier alpha value is -3.52. The number of anilines is 1. The summed E-state index contributed by atoms with van der Waals surface area (Å²) in [6.45, 7) is 0.563. The van der Waals surface area contributed by atoms with E-state index in [9.17, 15) is 17.6 Å². The molecule has 196 valence electrons. The normalized spacial score (nSPS) is 20.5. The first-order chi connectivity index (χ1) is 17.8. The molecule has 0 bridgehead atoms. The second-order valence-electron chi connectivity index (χ2n) is 9.24. The highest BCUT2D eigenvalue weighted by Gasteiger charge is 2.47. The van der Waals surface area contributed by atoms with Crippen molar-refractivity contribution in [1.29, 1.82) is 0 Å². The van der Waals surface area contributed by atoms with Crippen LogP contribution in [0.4, 0.5) is 23.5 Å². The Morgan fingerprint density at radius 2 is 2.08 bits per heavy atom. The van der Waals surface area contributed by atoms with Gasteiger partial charge in [0.25, 0.3) is 12.3 Å². The van der Waals surface area contributed by atoms with Crippen molar-refractivity contribution in [3.05, 3.63) is 30.5 Å². The average Bonchev–Trinajstić information content (AvgIpc) is 3.42. The number of hydrogen-bond acceptors (Lipinski definition) is 8. The number of aromatic nitrogens is 6. The van der Waals surface area contributed by atoms with Crippen LogP contribution in [0.15, 0.2) is 30.5 Å². The minimum Gasteiger partial charge on any atom is -0.479 e. The highest BCUT2D eigenvalue weighted by atomic mass is 19.3. The Balaban J connectivity index is 1.30. The number of ether oxygens (including phenoxy) is 2. The molecule has 0 saturated carbocycles. The largest absolute Gasteiger partial charge is 0.479 e. The van der Waals surface area contributed by atoms with Gasteiger partial charge in [0, 0.05) is 18.3 Å². The first-order valence-electron chi connectivity index (χ1n) is 11.8. The number of fused-ring (bicyclic) bond motifs is 2. The fourth-order valence-corrected chi connectivity index (χ4v) is 4.87. The van der Waals surface area contributed by atoms with Crippen molar-refractivity contribution >= 4 is 22.5 Å². The number of alkyl halides is 4. The molecule has 6 rings (SSSR count). The van der Waals surface area contributed by atoms with E-state index in [0.29, 0.717) is 47.4 Å². The van der Waals surface area contributed by atoms with Crippen LogP contribution < -0.4 is 10.1 Å². The molecule has 4 aromatic rings. The van der Waals surface area contributed by atoms with Crippen molar-refractivity contribution in [2.24, 2.45) is 0 Å². The molecule has 2 aliphatic rings. The van der Waals surface area contributed by atoms with E-state index in [4.69, 9.17) is 9.47 Å². The van der Waals surface area contributed by atoms with Crippen LogP contribution in [0.25, 0.3) is 27.7 Å². The Morgan fingerprint density at radius 1 is 1.24 bits per heavy atom. The first-order valence-corrected chi connectivity index (χ1v) is 11.8. The van der Waals surface area contributed by atoms with Gasteiger partial charge in [0.05, 0.1) is 44.5 Å². The maximum atomic E-state index is 15.0. The summed E-state index contributed by atoms with van der Waals surface area (Å²) in [4.78, 5) is 6.13. The molecule has 10 nitrogen and oxygen atoms in total. The monoisotopic (exact) mass is 520 g/mol. The van der Waals surface area contributed by atoms with Crippen LogP contribution in [0.5, 0.6) is 5.88 Å². The maximum Gasteiger partial charge on any atom is 0.280 e. The molecule has 0 aliphatic carbocycles. The summed E-state index contributed by atoms with van der Waals surface area (Å²) < 4.78 is 69.1. The van der Waals surface area contributed by atoms with Crippen molar-refractivity contribution in [2.75, 3.05) is 38.7 Å². The zero-order valence-electron chi connectivity index (χ0n) is 19.8. The van der Waals surface area contributed by atoms with Gasteiger partial charge in [-0.05, 0) is 30.2 Å². The summed E-state index contributed by atoms with van der Waals surface area (Å²) >= 11 is 0. The van der Waals surface area contributed by atoms with Gasteiger partial charge in [-0.3, -0.25) is 4.90 Å². The Kier molecular flexibility index (Phi) is 5.87. The van der Waals surface area contributed by atoms with Gasteiger partial charge in [-0.2, -0.15) is 4.98 Å².